The maximum absolute atomic E-state index is 12.3. The van der Waals surface area contributed by atoms with E-state index in [9.17, 15) is 4.79 Å². The van der Waals surface area contributed by atoms with Crippen molar-refractivity contribution in [2.24, 2.45) is 0 Å². The average molecular weight is 298 g/mol. The van der Waals surface area contributed by atoms with Crippen molar-refractivity contribution in [3.05, 3.63) is 27.4 Å². The number of rotatable bonds is 2. The summed E-state index contributed by atoms with van der Waals surface area (Å²) < 4.78 is 0.297. The minimum atomic E-state index is -0.0892. The lowest BCUT2D eigenvalue weighted by Gasteiger charge is -2.31. The van der Waals surface area contributed by atoms with E-state index in [2.05, 4.69) is 20.4 Å². The molecule has 1 N–H and O–H groups in total. The minimum absolute atomic E-state index is 0.0892. The summed E-state index contributed by atoms with van der Waals surface area (Å²) in [5, 5.41) is 14.8. The van der Waals surface area contributed by atoms with Gasteiger partial charge in [0.2, 0.25) is 9.47 Å². The second-order valence-electron chi connectivity index (χ2n) is 4.46. The Balaban J connectivity index is 1.73. The summed E-state index contributed by atoms with van der Waals surface area (Å²) in [5.41, 5.74) is 1.08. The summed E-state index contributed by atoms with van der Waals surface area (Å²) in [5.74, 6) is 0.220. The van der Waals surface area contributed by atoms with Crippen LogP contribution in [-0.4, -0.2) is 44.3 Å². The summed E-state index contributed by atoms with van der Waals surface area (Å²) in [4.78, 5) is 14.1. The first-order valence-corrected chi connectivity index (χ1v) is 7.21. The van der Waals surface area contributed by atoms with Crippen molar-refractivity contribution in [1.82, 2.24) is 25.3 Å². The van der Waals surface area contributed by atoms with Gasteiger partial charge in [-0.15, -0.1) is 10.2 Å². The molecule has 0 radical (unpaired) electrons. The molecule has 1 unspecified atom stereocenters. The lowest BCUT2D eigenvalue weighted by Crippen LogP contribution is -2.39. The maximum Gasteiger partial charge on any atom is 0.284 e. The standard InChI is InChI=1S/C11H12ClN5OS/c12-11-16-15-9(19-11)10(18)17-5-1-2-7(6-17)8-3-4-13-14-8/h3-4,7H,1-2,5-6H2,(H,13,14). The van der Waals surface area contributed by atoms with Crippen LogP contribution in [0.25, 0.3) is 0 Å². The van der Waals surface area contributed by atoms with E-state index in [1.807, 2.05) is 11.0 Å². The topological polar surface area (TPSA) is 74.8 Å². The third kappa shape index (κ3) is 2.62. The van der Waals surface area contributed by atoms with Crippen LogP contribution in [-0.2, 0) is 0 Å². The summed E-state index contributed by atoms with van der Waals surface area (Å²) in [6, 6.07) is 1.96. The van der Waals surface area contributed by atoms with Crippen molar-refractivity contribution >= 4 is 28.8 Å². The molecule has 1 atom stereocenters. The Bertz CT molecular complexity index is 569. The number of carbonyl (C=O) groups excluding carboxylic acids is 1. The number of aromatic nitrogens is 4. The Labute approximate surface area is 118 Å². The number of halogens is 1. The largest absolute Gasteiger partial charge is 0.336 e. The van der Waals surface area contributed by atoms with Gasteiger partial charge in [0.25, 0.3) is 5.91 Å². The molecule has 19 heavy (non-hydrogen) atoms. The smallest absolute Gasteiger partial charge is 0.284 e. The van der Waals surface area contributed by atoms with Crippen LogP contribution in [0.3, 0.4) is 0 Å². The lowest BCUT2D eigenvalue weighted by atomic mass is 9.95. The van der Waals surface area contributed by atoms with Gasteiger partial charge in [-0.1, -0.05) is 11.3 Å². The van der Waals surface area contributed by atoms with E-state index in [0.717, 1.165) is 36.4 Å². The molecule has 0 aliphatic carbocycles. The summed E-state index contributed by atoms with van der Waals surface area (Å²) >= 11 is 6.83. The van der Waals surface area contributed by atoms with E-state index in [1.54, 1.807) is 6.20 Å². The molecule has 3 rings (SSSR count). The third-order valence-electron chi connectivity index (χ3n) is 3.25. The van der Waals surface area contributed by atoms with Gasteiger partial charge in [0.05, 0.1) is 0 Å². The predicted molar refractivity (Wildman–Crippen MR) is 71.4 cm³/mol. The van der Waals surface area contributed by atoms with Crippen LogP contribution < -0.4 is 0 Å². The molecule has 3 heterocycles. The van der Waals surface area contributed by atoms with Gasteiger partial charge in [-0.05, 0) is 30.5 Å². The normalized spacial score (nSPS) is 19.6. The summed E-state index contributed by atoms with van der Waals surface area (Å²) in [6.45, 7) is 1.43. The molecule has 2 aromatic rings. The molecule has 2 aromatic heterocycles. The first-order valence-electron chi connectivity index (χ1n) is 6.01. The van der Waals surface area contributed by atoms with Gasteiger partial charge in [0, 0.05) is 30.9 Å². The number of piperidine rings is 1. The number of hydrogen-bond acceptors (Lipinski definition) is 5. The zero-order valence-electron chi connectivity index (χ0n) is 10.0. The van der Waals surface area contributed by atoms with Gasteiger partial charge in [0.15, 0.2) is 0 Å². The molecule has 0 spiro atoms. The van der Waals surface area contributed by atoms with Crippen LogP contribution in [0.4, 0.5) is 0 Å². The SMILES string of the molecule is O=C(c1nnc(Cl)s1)N1CCCC(c2ccn[nH]2)C1. The highest BCUT2D eigenvalue weighted by atomic mass is 35.5. The lowest BCUT2D eigenvalue weighted by molar-refractivity contribution is 0.0704. The van der Waals surface area contributed by atoms with Gasteiger partial charge < -0.3 is 4.90 Å². The number of H-pyrrole nitrogens is 1. The minimum Gasteiger partial charge on any atom is -0.336 e. The van der Waals surface area contributed by atoms with Crippen molar-refractivity contribution in [1.29, 1.82) is 0 Å². The van der Waals surface area contributed by atoms with E-state index in [0.29, 0.717) is 21.9 Å². The monoisotopic (exact) mass is 297 g/mol. The Kier molecular flexibility index (Phi) is 3.48. The number of likely N-dealkylation sites (tertiary alicyclic amines) is 1. The van der Waals surface area contributed by atoms with Gasteiger partial charge in [-0.2, -0.15) is 5.10 Å². The molecule has 1 amide bonds. The summed E-state index contributed by atoms with van der Waals surface area (Å²) in [7, 11) is 0. The van der Waals surface area contributed by atoms with Crippen molar-refractivity contribution in [3.63, 3.8) is 0 Å². The van der Waals surface area contributed by atoms with Crippen molar-refractivity contribution in [3.8, 4) is 0 Å². The van der Waals surface area contributed by atoms with Crippen molar-refractivity contribution in [2.45, 2.75) is 18.8 Å². The molecule has 8 heteroatoms. The van der Waals surface area contributed by atoms with E-state index < -0.39 is 0 Å². The molecule has 1 aliphatic rings. The second kappa shape index (κ2) is 5.26. The van der Waals surface area contributed by atoms with E-state index in [-0.39, 0.29) is 5.91 Å². The predicted octanol–water partition coefficient (Wildman–Crippen LogP) is 1.93. The fraction of sp³-hybridized carbons (Fsp3) is 0.455. The Hall–Kier alpha value is -1.47. The number of amides is 1. The number of nitrogens with one attached hydrogen (secondary N) is 1. The highest BCUT2D eigenvalue weighted by Crippen LogP contribution is 2.27. The molecule has 6 nitrogen and oxygen atoms in total. The van der Waals surface area contributed by atoms with Gasteiger partial charge in [-0.3, -0.25) is 9.89 Å². The first-order chi connectivity index (χ1) is 9.24. The highest BCUT2D eigenvalue weighted by Gasteiger charge is 2.27. The summed E-state index contributed by atoms with van der Waals surface area (Å²) in [6.07, 6.45) is 3.77. The number of hydrogen-bond donors (Lipinski definition) is 1. The maximum atomic E-state index is 12.3. The second-order valence-corrected chi connectivity index (χ2v) is 6.02. The first kappa shape index (κ1) is 12.6. The van der Waals surface area contributed by atoms with Crippen LogP contribution in [0.5, 0.6) is 0 Å². The zero-order valence-corrected chi connectivity index (χ0v) is 11.6. The molecule has 1 fully saturated rings. The van der Waals surface area contributed by atoms with Crippen LogP contribution in [0.1, 0.15) is 34.3 Å². The van der Waals surface area contributed by atoms with Crippen LogP contribution in [0.2, 0.25) is 4.47 Å². The zero-order chi connectivity index (χ0) is 13.2. The molecule has 1 saturated heterocycles. The van der Waals surface area contributed by atoms with Crippen LogP contribution >= 0.6 is 22.9 Å². The van der Waals surface area contributed by atoms with Gasteiger partial charge in [-0.25, -0.2) is 0 Å². The Morgan fingerprint density at radius 1 is 1.53 bits per heavy atom. The highest BCUT2D eigenvalue weighted by molar-refractivity contribution is 7.17. The number of carbonyl (C=O) groups is 1. The quantitative estimate of drug-likeness (QED) is 0.919. The molecule has 0 saturated carbocycles. The molecule has 1 aliphatic heterocycles. The molecular formula is C11H12ClN5OS. The van der Waals surface area contributed by atoms with E-state index in [1.165, 1.54) is 0 Å². The fourth-order valence-electron chi connectivity index (χ4n) is 2.34. The molecule has 100 valence electrons. The average Bonchev–Trinajstić information content (AvgIpc) is 3.09. The van der Waals surface area contributed by atoms with E-state index in [4.69, 9.17) is 11.6 Å². The van der Waals surface area contributed by atoms with Crippen LogP contribution in [0, 0.1) is 0 Å². The van der Waals surface area contributed by atoms with Crippen molar-refractivity contribution < 1.29 is 4.79 Å². The fourth-order valence-corrected chi connectivity index (χ4v) is 3.13. The molecular weight excluding hydrogens is 286 g/mol. The number of nitrogens with zero attached hydrogens (tertiary/aromatic N) is 4. The molecule has 0 bridgehead atoms. The van der Waals surface area contributed by atoms with Crippen LogP contribution in [0.15, 0.2) is 12.3 Å². The van der Waals surface area contributed by atoms with Gasteiger partial charge in [0.1, 0.15) is 0 Å². The Morgan fingerprint density at radius 3 is 3.11 bits per heavy atom. The molecule has 0 aromatic carbocycles. The Morgan fingerprint density at radius 2 is 2.42 bits per heavy atom. The van der Waals surface area contributed by atoms with Crippen molar-refractivity contribution in [2.75, 3.05) is 13.1 Å². The van der Waals surface area contributed by atoms with Gasteiger partial charge >= 0.3 is 0 Å². The van der Waals surface area contributed by atoms with E-state index >= 15 is 0 Å². The number of aromatic amines is 1. The third-order valence-corrected chi connectivity index (χ3v) is 4.26.